The first kappa shape index (κ1) is 11.3. The van der Waals surface area contributed by atoms with Crippen LogP contribution in [0.5, 0.6) is 0 Å². The van der Waals surface area contributed by atoms with E-state index >= 15 is 0 Å². The van der Waals surface area contributed by atoms with Crippen molar-refractivity contribution in [3.63, 3.8) is 0 Å². The maximum Gasteiger partial charge on any atom is 0.128 e. The van der Waals surface area contributed by atoms with Gasteiger partial charge < -0.3 is 10.6 Å². The molecule has 0 saturated heterocycles. The van der Waals surface area contributed by atoms with Crippen molar-refractivity contribution in [2.45, 2.75) is 12.8 Å². The summed E-state index contributed by atoms with van der Waals surface area (Å²) in [5.74, 6) is 2.03. The number of aliphatic imine (C=N–C) groups is 2. The molecule has 0 saturated carbocycles. The first-order valence-corrected chi connectivity index (χ1v) is 6.61. The van der Waals surface area contributed by atoms with Gasteiger partial charge in [-0.3, -0.25) is 9.98 Å². The summed E-state index contributed by atoms with van der Waals surface area (Å²) in [4.78, 5) is 9.06. The molecule has 0 unspecified atom stereocenters. The predicted molar refractivity (Wildman–Crippen MR) is 74.5 cm³/mol. The third kappa shape index (κ3) is 2.37. The number of benzene rings is 1. The molecular weight excluding hydrogens is 224 g/mol. The number of nitrogens with one attached hydrogen (secondary N) is 2. The maximum atomic E-state index is 4.53. The number of nitrogens with zero attached hydrogens (tertiary/aromatic N) is 2. The van der Waals surface area contributed by atoms with Gasteiger partial charge in [-0.25, -0.2) is 0 Å². The lowest BCUT2D eigenvalue weighted by Gasteiger charge is -2.17. The lowest BCUT2D eigenvalue weighted by Crippen LogP contribution is -2.32. The summed E-state index contributed by atoms with van der Waals surface area (Å²) in [6.07, 6.45) is 2.24. The smallest absolute Gasteiger partial charge is 0.128 e. The normalized spacial score (nSPS) is 19.3. The van der Waals surface area contributed by atoms with Crippen LogP contribution in [0.1, 0.15) is 24.0 Å². The Kier molecular flexibility index (Phi) is 3.26. The van der Waals surface area contributed by atoms with Gasteiger partial charge in [0.1, 0.15) is 11.7 Å². The molecule has 1 aromatic rings. The molecule has 0 aromatic heterocycles. The number of hydrogen-bond acceptors (Lipinski definition) is 4. The van der Waals surface area contributed by atoms with Gasteiger partial charge in [-0.15, -0.1) is 0 Å². The Hall–Kier alpha value is -1.84. The van der Waals surface area contributed by atoms with Crippen molar-refractivity contribution in [2.24, 2.45) is 9.98 Å². The molecule has 0 aliphatic carbocycles. The topological polar surface area (TPSA) is 48.8 Å². The molecule has 0 radical (unpaired) electrons. The zero-order chi connectivity index (χ0) is 12.2. The van der Waals surface area contributed by atoms with Crippen LogP contribution >= 0.6 is 0 Å². The Morgan fingerprint density at radius 1 is 0.833 bits per heavy atom. The lowest BCUT2D eigenvalue weighted by atomic mass is 10.1. The fourth-order valence-corrected chi connectivity index (χ4v) is 2.27. The molecule has 0 spiro atoms. The fraction of sp³-hybridized carbons (Fsp3) is 0.429. The highest BCUT2D eigenvalue weighted by Gasteiger charge is 2.11. The van der Waals surface area contributed by atoms with Crippen LogP contribution in [0, 0.1) is 0 Å². The summed E-state index contributed by atoms with van der Waals surface area (Å²) in [5, 5.41) is 6.71. The van der Waals surface area contributed by atoms with Gasteiger partial charge in [0.15, 0.2) is 0 Å². The molecule has 2 heterocycles. The summed E-state index contributed by atoms with van der Waals surface area (Å²) >= 11 is 0. The van der Waals surface area contributed by atoms with Crippen molar-refractivity contribution < 1.29 is 0 Å². The summed E-state index contributed by atoms with van der Waals surface area (Å²) in [6, 6.07) is 8.44. The molecule has 18 heavy (non-hydrogen) atoms. The zero-order valence-electron chi connectivity index (χ0n) is 10.4. The predicted octanol–water partition coefficient (Wildman–Crippen LogP) is 1.17. The average molecular weight is 242 g/mol. The lowest BCUT2D eigenvalue weighted by molar-refractivity contribution is 0.740. The molecule has 0 bridgehead atoms. The van der Waals surface area contributed by atoms with E-state index in [2.05, 4.69) is 44.9 Å². The van der Waals surface area contributed by atoms with E-state index in [0.717, 1.165) is 61.8 Å². The highest BCUT2D eigenvalue weighted by atomic mass is 15.0. The van der Waals surface area contributed by atoms with Crippen LogP contribution in [0.3, 0.4) is 0 Å². The molecule has 3 rings (SSSR count). The largest absolute Gasteiger partial charge is 0.370 e. The van der Waals surface area contributed by atoms with E-state index in [0.29, 0.717) is 0 Å². The van der Waals surface area contributed by atoms with Gasteiger partial charge >= 0.3 is 0 Å². The summed E-state index contributed by atoms with van der Waals surface area (Å²) in [5.41, 5.74) is 2.31. The molecule has 0 atom stereocenters. The van der Waals surface area contributed by atoms with Crippen molar-refractivity contribution in [3.8, 4) is 0 Å². The van der Waals surface area contributed by atoms with Crippen LogP contribution < -0.4 is 10.6 Å². The van der Waals surface area contributed by atoms with Gasteiger partial charge in [0.25, 0.3) is 0 Å². The number of amidine groups is 2. The molecule has 0 amide bonds. The average Bonchev–Trinajstić information content (AvgIpc) is 2.49. The number of hydrogen-bond donors (Lipinski definition) is 2. The molecule has 2 aliphatic heterocycles. The minimum absolute atomic E-state index is 0.922. The Labute approximate surface area is 107 Å². The van der Waals surface area contributed by atoms with Gasteiger partial charge in [0.05, 0.1) is 0 Å². The van der Waals surface area contributed by atoms with Crippen molar-refractivity contribution >= 4 is 11.7 Å². The first-order valence-electron chi connectivity index (χ1n) is 6.61. The van der Waals surface area contributed by atoms with Crippen LogP contribution in [-0.4, -0.2) is 37.9 Å². The van der Waals surface area contributed by atoms with E-state index in [-0.39, 0.29) is 0 Å². The Balaban J connectivity index is 1.88. The molecule has 0 fully saturated rings. The Morgan fingerprint density at radius 3 is 1.83 bits per heavy atom. The highest BCUT2D eigenvalue weighted by Crippen LogP contribution is 2.09. The second-order valence-electron chi connectivity index (χ2n) is 4.60. The third-order valence-corrected chi connectivity index (χ3v) is 3.20. The second-order valence-corrected chi connectivity index (χ2v) is 4.60. The summed E-state index contributed by atoms with van der Waals surface area (Å²) in [7, 11) is 0. The quantitative estimate of drug-likeness (QED) is 0.818. The Bertz CT molecular complexity index is 449. The first-order chi connectivity index (χ1) is 8.93. The van der Waals surface area contributed by atoms with Crippen molar-refractivity contribution in [1.82, 2.24) is 10.6 Å². The van der Waals surface area contributed by atoms with Crippen molar-refractivity contribution in [2.75, 3.05) is 26.2 Å². The number of rotatable bonds is 2. The van der Waals surface area contributed by atoms with Gasteiger partial charge in [-0.05, 0) is 18.9 Å². The SMILES string of the molecule is c1cc(C2=NCCCN2)cc(C2=NCCCN2)c1. The minimum atomic E-state index is 0.922. The molecule has 94 valence electrons. The monoisotopic (exact) mass is 242 g/mol. The summed E-state index contributed by atoms with van der Waals surface area (Å²) in [6.45, 7) is 3.88. The van der Waals surface area contributed by atoms with E-state index < -0.39 is 0 Å². The van der Waals surface area contributed by atoms with E-state index in [9.17, 15) is 0 Å². The van der Waals surface area contributed by atoms with Gasteiger partial charge in [-0.1, -0.05) is 18.2 Å². The molecule has 4 nitrogen and oxygen atoms in total. The zero-order valence-corrected chi connectivity index (χ0v) is 10.4. The van der Waals surface area contributed by atoms with Crippen molar-refractivity contribution in [3.05, 3.63) is 35.4 Å². The highest BCUT2D eigenvalue weighted by molar-refractivity contribution is 6.04. The fourth-order valence-electron chi connectivity index (χ4n) is 2.27. The van der Waals surface area contributed by atoms with E-state index in [1.165, 1.54) is 0 Å². The molecule has 2 aliphatic rings. The third-order valence-electron chi connectivity index (χ3n) is 3.20. The van der Waals surface area contributed by atoms with E-state index in [1.54, 1.807) is 0 Å². The molecule has 2 N–H and O–H groups in total. The minimum Gasteiger partial charge on any atom is -0.370 e. The second kappa shape index (κ2) is 5.21. The van der Waals surface area contributed by atoms with Crippen LogP contribution in [0.15, 0.2) is 34.3 Å². The molecular formula is C14H18N4. The van der Waals surface area contributed by atoms with Gasteiger partial charge in [0.2, 0.25) is 0 Å². The van der Waals surface area contributed by atoms with Crippen LogP contribution in [0.25, 0.3) is 0 Å². The van der Waals surface area contributed by atoms with Crippen LogP contribution in [0.2, 0.25) is 0 Å². The standard InChI is InChI=1S/C14H18N4/c1-4-11(13-15-6-2-7-16-13)10-12(5-1)14-17-8-3-9-18-14/h1,4-5,10H,2-3,6-9H2,(H,15,16)(H,17,18). The van der Waals surface area contributed by atoms with Gasteiger partial charge in [0, 0.05) is 37.3 Å². The van der Waals surface area contributed by atoms with Gasteiger partial charge in [-0.2, -0.15) is 0 Å². The maximum absolute atomic E-state index is 4.53. The molecule has 4 heteroatoms. The molecule has 1 aromatic carbocycles. The van der Waals surface area contributed by atoms with Crippen LogP contribution in [0.4, 0.5) is 0 Å². The summed E-state index contributed by atoms with van der Waals surface area (Å²) < 4.78 is 0. The van der Waals surface area contributed by atoms with Crippen LogP contribution in [-0.2, 0) is 0 Å². The van der Waals surface area contributed by atoms with Crippen molar-refractivity contribution in [1.29, 1.82) is 0 Å². The van der Waals surface area contributed by atoms with E-state index in [4.69, 9.17) is 0 Å². The Morgan fingerprint density at radius 2 is 1.39 bits per heavy atom. The van der Waals surface area contributed by atoms with E-state index in [1.807, 2.05) is 0 Å².